The van der Waals surface area contributed by atoms with Crippen LogP contribution in [0.1, 0.15) is 39.4 Å². The van der Waals surface area contributed by atoms with Gasteiger partial charge in [0.05, 0.1) is 5.92 Å². The standard InChI is InChI=1S/C16H18Cl2O3/c1-8(2)12-13(10-6-5-9(17)7-11(10)18)21-15(20)16(3,4)14(12)19/h5-8,12-13H,1-4H3/t12-,13+/m1/s1. The number of cyclic esters (lactones) is 1. The lowest BCUT2D eigenvalue weighted by molar-refractivity contribution is -0.181. The largest absolute Gasteiger partial charge is 0.456 e. The molecule has 2 rings (SSSR count). The summed E-state index contributed by atoms with van der Waals surface area (Å²) < 4.78 is 5.57. The highest BCUT2D eigenvalue weighted by Crippen LogP contribution is 2.45. The van der Waals surface area contributed by atoms with Gasteiger partial charge in [-0.3, -0.25) is 9.59 Å². The quantitative estimate of drug-likeness (QED) is 0.594. The molecule has 1 saturated heterocycles. The van der Waals surface area contributed by atoms with Gasteiger partial charge in [0.1, 0.15) is 11.5 Å². The molecule has 0 bridgehead atoms. The van der Waals surface area contributed by atoms with Crippen molar-refractivity contribution >= 4 is 35.0 Å². The van der Waals surface area contributed by atoms with Crippen LogP contribution in [0, 0.1) is 17.3 Å². The van der Waals surface area contributed by atoms with E-state index in [1.165, 1.54) is 0 Å². The summed E-state index contributed by atoms with van der Waals surface area (Å²) in [6.45, 7) is 7.09. The maximum atomic E-state index is 12.7. The number of halogens is 2. The van der Waals surface area contributed by atoms with E-state index >= 15 is 0 Å². The van der Waals surface area contributed by atoms with E-state index in [0.717, 1.165) is 0 Å². The van der Waals surface area contributed by atoms with E-state index in [4.69, 9.17) is 27.9 Å². The molecule has 0 spiro atoms. The number of ether oxygens (including phenoxy) is 1. The Morgan fingerprint density at radius 3 is 2.33 bits per heavy atom. The molecule has 0 N–H and O–H groups in total. The van der Waals surface area contributed by atoms with E-state index in [-0.39, 0.29) is 11.7 Å². The van der Waals surface area contributed by atoms with E-state index in [2.05, 4.69) is 0 Å². The summed E-state index contributed by atoms with van der Waals surface area (Å²) in [5.74, 6) is -1.01. The molecule has 21 heavy (non-hydrogen) atoms. The number of esters is 1. The van der Waals surface area contributed by atoms with Crippen LogP contribution < -0.4 is 0 Å². The molecule has 1 aliphatic heterocycles. The monoisotopic (exact) mass is 328 g/mol. The van der Waals surface area contributed by atoms with Gasteiger partial charge in [-0.05, 0) is 31.9 Å². The number of hydrogen-bond donors (Lipinski definition) is 0. The van der Waals surface area contributed by atoms with Crippen LogP contribution in [-0.2, 0) is 14.3 Å². The Hall–Kier alpha value is -1.06. The van der Waals surface area contributed by atoms with Gasteiger partial charge in [-0.25, -0.2) is 0 Å². The van der Waals surface area contributed by atoms with Crippen LogP contribution in [0.5, 0.6) is 0 Å². The van der Waals surface area contributed by atoms with Crippen molar-refractivity contribution in [3.63, 3.8) is 0 Å². The molecule has 1 aromatic rings. The number of ketones is 1. The number of benzene rings is 1. The summed E-state index contributed by atoms with van der Waals surface area (Å²) in [6, 6.07) is 4.98. The summed E-state index contributed by atoms with van der Waals surface area (Å²) in [6.07, 6.45) is -0.664. The molecule has 1 aromatic carbocycles. The topological polar surface area (TPSA) is 43.4 Å². The molecule has 1 heterocycles. The summed E-state index contributed by atoms with van der Waals surface area (Å²) in [5, 5.41) is 0.900. The molecule has 1 fully saturated rings. The fraction of sp³-hybridized carbons (Fsp3) is 0.500. The lowest BCUT2D eigenvalue weighted by Gasteiger charge is -2.40. The number of Topliss-reactive ketones (excluding diaryl/α,β-unsaturated/α-hetero) is 1. The van der Waals surface area contributed by atoms with Gasteiger partial charge in [-0.1, -0.05) is 43.1 Å². The molecule has 0 radical (unpaired) electrons. The summed E-state index contributed by atoms with van der Waals surface area (Å²) in [4.78, 5) is 24.8. The summed E-state index contributed by atoms with van der Waals surface area (Å²) in [7, 11) is 0. The first-order valence-corrected chi connectivity index (χ1v) is 7.62. The minimum Gasteiger partial charge on any atom is -0.456 e. The zero-order valence-electron chi connectivity index (χ0n) is 12.4. The average Bonchev–Trinajstić information content (AvgIpc) is 2.35. The SMILES string of the molecule is CC(C)[C@H]1C(=O)C(C)(C)C(=O)O[C@H]1c1ccc(Cl)cc1Cl. The third-order valence-electron chi connectivity index (χ3n) is 3.98. The van der Waals surface area contributed by atoms with Crippen molar-refractivity contribution in [2.24, 2.45) is 17.3 Å². The van der Waals surface area contributed by atoms with Crippen LogP contribution in [0.25, 0.3) is 0 Å². The fourth-order valence-electron chi connectivity index (χ4n) is 2.63. The number of hydrogen-bond acceptors (Lipinski definition) is 3. The van der Waals surface area contributed by atoms with Crippen molar-refractivity contribution in [1.82, 2.24) is 0 Å². The molecule has 5 heteroatoms. The Morgan fingerprint density at radius 2 is 1.81 bits per heavy atom. The van der Waals surface area contributed by atoms with E-state index in [0.29, 0.717) is 15.6 Å². The van der Waals surface area contributed by atoms with Gasteiger partial charge in [-0.2, -0.15) is 0 Å². The van der Waals surface area contributed by atoms with Crippen LogP contribution in [0.2, 0.25) is 10.0 Å². The number of carbonyl (C=O) groups is 2. The maximum Gasteiger partial charge on any atom is 0.319 e. The molecular formula is C16H18Cl2O3. The lowest BCUT2D eigenvalue weighted by Crippen LogP contribution is -2.49. The molecule has 0 unspecified atom stereocenters. The van der Waals surface area contributed by atoms with Crippen molar-refractivity contribution in [2.45, 2.75) is 33.8 Å². The van der Waals surface area contributed by atoms with Gasteiger partial charge in [0.2, 0.25) is 0 Å². The van der Waals surface area contributed by atoms with Gasteiger partial charge < -0.3 is 4.74 Å². The Balaban J connectivity index is 2.51. The number of carbonyl (C=O) groups excluding carboxylic acids is 2. The molecule has 2 atom stereocenters. The van der Waals surface area contributed by atoms with Crippen LogP contribution in [0.15, 0.2) is 18.2 Å². The van der Waals surface area contributed by atoms with E-state index < -0.39 is 23.4 Å². The zero-order valence-corrected chi connectivity index (χ0v) is 14.0. The van der Waals surface area contributed by atoms with Gasteiger partial charge >= 0.3 is 5.97 Å². The van der Waals surface area contributed by atoms with Crippen molar-refractivity contribution < 1.29 is 14.3 Å². The van der Waals surface area contributed by atoms with Crippen molar-refractivity contribution in [2.75, 3.05) is 0 Å². The first kappa shape index (κ1) is 16.3. The smallest absolute Gasteiger partial charge is 0.319 e. The minimum absolute atomic E-state index is 0.0293. The Labute approximate surface area is 134 Å². The van der Waals surface area contributed by atoms with Crippen LogP contribution in [0.4, 0.5) is 0 Å². The van der Waals surface area contributed by atoms with E-state index in [1.54, 1.807) is 32.0 Å². The second kappa shape index (κ2) is 5.62. The minimum atomic E-state index is -1.12. The second-order valence-corrected chi connectivity index (χ2v) is 7.09. The Bertz CT molecular complexity index is 593. The van der Waals surface area contributed by atoms with Crippen LogP contribution >= 0.6 is 23.2 Å². The Kier molecular flexibility index (Phi) is 4.36. The predicted octanol–water partition coefficient (Wildman–Crippen LogP) is 4.46. The Morgan fingerprint density at radius 1 is 1.19 bits per heavy atom. The number of rotatable bonds is 2. The third-order valence-corrected chi connectivity index (χ3v) is 4.54. The van der Waals surface area contributed by atoms with E-state index in [1.807, 2.05) is 13.8 Å². The molecule has 0 aromatic heterocycles. The van der Waals surface area contributed by atoms with Gasteiger partial charge in [0.15, 0.2) is 5.78 Å². The highest BCUT2D eigenvalue weighted by molar-refractivity contribution is 6.35. The molecule has 1 aliphatic rings. The molecule has 0 amide bonds. The lowest BCUT2D eigenvalue weighted by atomic mass is 9.71. The molecule has 3 nitrogen and oxygen atoms in total. The predicted molar refractivity (Wildman–Crippen MR) is 82.4 cm³/mol. The summed E-state index contributed by atoms with van der Waals surface area (Å²) in [5.41, 5.74) is -0.499. The maximum absolute atomic E-state index is 12.7. The first-order chi connectivity index (χ1) is 9.66. The normalized spacial score (nSPS) is 25.1. The molecule has 0 aliphatic carbocycles. The van der Waals surface area contributed by atoms with E-state index in [9.17, 15) is 9.59 Å². The summed E-state index contributed by atoms with van der Waals surface area (Å²) >= 11 is 12.1. The van der Waals surface area contributed by atoms with Gasteiger partial charge in [0.25, 0.3) is 0 Å². The molecular weight excluding hydrogens is 311 g/mol. The van der Waals surface area contributed by atoms with Gasteiger partial charge in [-0.15, -0.1) is 0 Å². The first-order valence-electron chi connectivity index (χ1n) is 6.86. The van der Waals surface area contributed by atoms with Crippen LogP contribution in [0.3, 0.4) is 0 Å². The van der Waals surface area contributed by atoms with Crippen molar-refractivity contribution in [3.8, 4) is 0 Å². The highest BCUT2D eigenvalue weighted by atomic mass is 35.5. The van der Waals surface area contributed by atoms with Crippen molar-refractivity contribution in [3.05, 3.63) is 33.8 Å². The molecule has 0 saturated carbocycles. The second-order valence-electron chi connectivity index (χ2n) is 6.25. The van der Waals surface area contributed by atoms with Gasteiger partial charge in [0, 0.05) is 15.6 Å². The van der Waals surface area contributed by atoms with Crippen LogP contribution in [-0.4, -0.2) is 11.8 Å². The zero-order chi connectivity index (χ0) is 15.9. The third kappa shape index (κ3) is 2.82. The fourth-order valence-corrected chi connectivity index (χ4v) is 3.15. The molecule has 114 valence electrons. The highest BCUT2D eigenvalue weighted by Gasteiger charge is 2.52. The van der Waals surface area contributed by atoms with Crippen molar-refractivity contribution in [1.29, 1.82) is 0 Å². The average molecular weight is 329 g/mol.